The fraction of sp³-hybridized carbons (Fsp3) is 0.857. The van der Waals surface area contributed by atoms with E-state index in [1.807, 2.05) is 11.8 Å². The van der Waals surface area contributed by atoms with E-state index in [0.717, 1.165) is 26.1 Å². The van der Waals surface area contributed by atoms with Crippen LogP contribution in [0.2, 0.25) is 0 Å². The molecule has 0 aliphatic carbocycles. The van der Waals surface area contributed by atoms with Crippen molar-refractivity contribution in [3.8, 4) is 0 Å². The van der Waals surface area contributed by atoms with Crippen molar-refractivity contribution in [2.24, 2.45) is 0 Å². The van der Waals surface area contributed by atoms with Gasteiger partial charge in [0, 0.05) is 26.1 Å². The van der Waals surface area contributed by atoms with Crippen molar-refractivity contribution in [2.45, 2.75) is 13.3 Å². The van der Waals surface area contributed by atoms with Gasteiger partial charge in [0.05, 0.1) is 6.61 Å². The number of hydrogen-bond acceptors (Lipinski definition) is 2. The van der Waals surface area contributed by atoms with Gasteiger partial charge in [-0.15, -0.1) is 0 Å². The van der Waals surface area contributed by atoms with Crippen LogP contribution in [0.15, 0.2) is 0 Å². The lowest BCUT2D eigenvalue weighted by molar-refractivity contribution is -0.140. The molecule has 1 rings (SSSR count). The Hall–Kier alpha value is -0.570. The molecular weight excluding hydrogens is 130 g/mol. The normalized spacial score (nSPS) is 17.3. The van der Waals surface area contributed by atoms with Gasteiger partial charge in [-0.25, -0.2) is 0 Å². The number of carbonyl (C=O) groups excluding carboxylic acids is 1. The summed E-state index contributed by atoms with van der Waals surface area (Å²) in [6, 6.07) is 0. The van der Waals surface area contributed by atoms with Gasteiger partial charge in [-0.1, -0.05) is 0 Å². The number of carbonyl (C=O) groups is 1. The van der Waals surface area contributed by atoms with E-state index in [1.165, 1.54) is 0 Å². The van der Waals surface area contributed by atoms with Crippen LogP contribution < -0.4 is 0 Å². The lowest BCUT2D eigenvalue weighted by Crippen LogP contribution is -2.44. The molecule has 0 unspecified atom stereocenters. The van der Waals surface area contributed by atoms with Gasteiger partial charge in [0.2, 0.25) is 5.91 Å². The Labute approximate surface area is 61.0 Å². The van der Waals surface area contributed by atoms with Crippen molar-refractivity contribution in [1.29, 1.82) is 0 Å². The molecule has 3 heteroatoms. The third-order valence-corrected chi connectivity index (χ3v) is 1.66. The summed E-state index contributed by atoms with van der Waals surface area (Å²) in [6.07, 6.45) is 0.728. The molecule has 1 aliphatic rings. The Morgan fingerprint density at radius 3 is 2.90 bits per heavy atom. The molecule has 0 aromatic heterocycles. The van der Waals surface area contributed by atoms with Crippen molar-refractivity contribution in [1.82, 2.24) is 4.90 Å². The summed E-state index contributed by atoms with van der Waals surface area (Å²) in [5.41, 5.74) is 0. The minimum absolute atomic E-state index is 0.264. The first-order chi connectivity index (χ1) is 4.84. The molecule has 1 heterocycles. The van der Waals surface area contributed by atoms with Gasteiger partial charge in [-0.2, -0.15) is 0 Å². The first kappa shape index (κ1) is 7.54. The zero-order valence-electron chi connectivity index (χ0n) is 6.30. The zero-order valence-corrected chi connectivity index (χ0v) is 6.30. The summed E-state index contributed by atoms with van der Waals surface area (Å²) < 4.78 is 5.09. The average Bonchev–Trinajstić information content (AvgIpc) is 1.95. The highest BCUT2D eigenvalue weighted by atomic mass is 16.5. The molecule has 0 spiro atoms. The van der Waals surface area contributed by atoms with Crippen molar-refractivity contribution in [3.05, 3.63) is 0 Å². The highest BCUT2D eigenvalue weighted by Gasteiger charge is 2.22. The van der Waals surface area contributed by atoms with Crippen LogP contribution in [0.3, 0.4) is 0 Å². The van der Waals surface area contributed by atoms with E-state index in [9.17, 15) is 4.79 Å². The van der Waals surface area contributed by atoms with E-state index in [2.05, 4.69) is 0 Å². The van der Waals surface area contributed by atoms with E-state index in [1.54, 1.807) is 0 Å². The molecule has 0 aromatic rings. The van der Waals surface area contributed by atoms with Gasteiger partial charge in [0.1, 0.15) is 0 Å². The minimum Gasteiger partial charge on any atom is -0.380 e. The Morgan fingerprint density at radius 1 is 1.70 bits per heavy atom. The van der Waals surface area contributed by atoms with Crippen LogP contribution in [-0.2, 0) is 9.53 Å². The second kappa shape index (κ2) is 3.56. The molecule has 0 radical (unpaired) electrons. The summed E-state index contributed by atoms with van der Waals surface area (Å²) in [5.74, 6) is 0.264. The molecule has 1 saturated heterocycles. The van der Waals surface area contributed by atoms with Crippen LogP contribution in [0, 0.1) is 0 Å². The van der Waals surface area contributed by atoms with Gasteiger partial charge in [0.25, 0.3) is 0 Å². The molecule has 0 atom stereocenters. The molecule has 10 heavy (non-hydrogen) atoms. The Morgan fingerprint density at radius 2 is 2.50 bits per heavy atom. The minimum atomic E-state index is 0.264. The summed E-state index contributed by atoms with van der Waals surface area (Å²) in [7, 11) is 0. The summed E-state index contributed by atoms with van der Waals surface area (Å²) in [4.78, 5) is 12.5. The number of ether oxygens (including phenoxy) is 1. The van der Waals surface area contributed by atoms with Crippen LogP contribution in [0.4, 0.5) is 0 Å². The van der Waals surface area contributed by atoms with Crippen LogP contribution >= 0.6 is 0 Å². The largest absolute Gasteiger partial charge is 0.380 e. The molecule has 0 bridgehead atoms. The number of likely N-dealkylation sites (tertiary alicyclic amines) is 1. The lowest BCUT2D eigenvalue weighted by Gasteiger charge is -2.30. The zero-order chi connectivity index (χ0) is 7.40. The van der Waals surface area contributed by atoms with E-state index in [4.69, 9.17) is 4.74 Å². The first-order valence-corrected chi connectivity index (χ1v) is 3.70. The van der Waals surface area contributed by atoms with Crippen LogP contribution in [0.1, 0.15) is 13.3 Å². The number of β-lactam (4-membered cyclic amide) rings is 1. The molecule has 58 valence electrons. The topological polar surface area (TPSA) is 29.5 Å². The van der Waals surface area contributed by atoms with Crippen LogP contribution in [0.5, 0.6) is 0 Å². The SMILES string of the molecule is CCOCCN1CCC1=O. The Balaban J connectivity index is 1.98. The van der Waals surface area contributed by atoms with Crippen LogP contribution in [-0.4, -0.2) is 37.1 Å². The van der Waals surface area contributed by atoms with Gasteiger partial charge in [-0.05, 0) is 6.92 Å². The molecular formula is C7H13NO2. The maximum atomic E-state index is 10.7. The Kier molecular flexibility index (Phi) is 2.68. The summed E-state index contributed by atoms with van der Waals surface area (Å²) in [6.45, 7) is 5.07. The standard InChI is InChI=1S/C7H13NO2/c1-2-10-6-5-8-4-3-7(8)9/h2-6H2,1H3. The highest BCUT2D eigenvalue weighted by Crippen LogP contribution is 2.06. The van der Waals surface area contributed by atoms with Gasteiger partial charge in [-0.3, -0.25) is 4.79 Å². The first-order valence-electron chi connectivity index (χ1n) is 3.70. The van der Waals surface area contributed by atoms with Crippen molar-refractivity contribution in [2.75, 3.05) is 26.3 Å². The average molecular weight is 143 g/mol. The van der Waals surface area contributed by atoms with E-state index in [0.29, 0.717) is 6.61 Å². The molecule has 0 saturated carbocycles. The maximum absolute atomic E-state index is 10.7. The molecule has 1 amide bonds. The van der Waals surface area contributed by atoms with Gasteiger partial charge >= 0.3 is 0 Å². The third-order valence-electron chi connectivity index (χ3n) is 1.66. The molecule has 1 fully saturated rings. The van der Waals surface area contributed by atoms with E-state index >= 15 is 0 Å². The second-order valence-electron chi connectivity index (χ2n) is 2.33. The molecule has 3 nitrogen and oxygen atoms in total. The fourth-order valence-electron chi connectivity index (χ4n) is 0.917. The predicted octanol–water partition coefficient (Wildman–Crippen LogP) is 0.255. The van der Waals surface area contributed by atoms with E-state index < -0.39 is 0 Å². The summed E-state index contributed by atoms with van der Waals surface area (Å²) in [5, 5.41) is 0. The smallest absolute Gasteiger partial charge is 0.224 e. The highest BCUT2D eigenvalue weighted by molar-refractivity contribution is 5.81. The van der Waals surface area contributed by atoms with Crippen molar-refractivity contribution >= 4 is 5.91 Å². The molecule has 0 N–H and O–H groups in total. The molecule has 0 aromatic carbocycles. The number of amides is 1. The number of nitrogens with zero attached hydrogens (tertiary/aromatic N) is 1. The lowest BCUT2D eigenvalue weighted by atomic mass is 10.2. The maximum Gasteiger partial charge on any atom is 0.224 e. The Bertz CT molecular complexity index is 125. The second-order valence-corrected chi connectivity index (χ2v) is 2.33. The van der Waals surface area contributed by atoms with Crippen molar-refractivity contribution in [3.63, 3.8) is 0 Å². The summed E-state index contributed by atoms with van der Waals surface area (Å²) >= 11 is 0. The number of rotatable bonds is 4. The van der Waals surface area contributed by atoms with Crippen molar-refractivity contribution < 1.29 is 9.53 Å². The fourth-order valence-corrected chi connectivity index (χ4v) is 0.917. The third kappa shape index (κ3) is 1.70. The molecule has 1 aliphatic heterocycles. The quantitative estimate of drug-likeness (QED) is 0.417. The van der Waals surface area contributed by atoms with Crippen LogP contribution in [0.25, 0.3) is 0 Å². The monoisotopic (exact) mass is 143 g/mol. The van der Waals surface area contributed by atoms with Gasteiger partial charge in [0.15, 0.2) is 0 Å². The number of hydrogen-bond donors (Lipinski definition) is 0. The van der Waals surface area contributed by atoms with E-state index in [-0.39, 0.29) is 5.91 Å². The predicted molar refractivity (Wildman–Crippen MR) is 37.7 cm³/mol. The van der Waals surface area contributed by atoms with Gasteiger partial charge < -0.3 is 9.64 Å².